The second kappa shape index (κ2) is 4.96. The monoisotopic (exact) mass is 428 g/mol. The summed E-state index contributed by atoms with van der Waals surface area (Å²) < 4.78 is 5.63. The van der Waals surface area contributed by atoms with Crippen LogP contribution in [-0.2, 0) is 7.48 Å². The number of rotatable bonds is 1. The molecule has 0 heterocycles. The fourth-order valence-corrected chi connectivity index (χ4v) is 3.94. The maximum atomic E-state index is 12.5. The van der Waals surface area contributed by atoms with Crippen LogP contribution in [0.25, 0.3) is 0 Å². The molecular formula is C14H23O2Tl. The third kappa shape index (κ3) is 3.28. The molecule has 1 aliphatic carbocycles. The van der Waals surface area contributed by atoms with E-state index in [2.05, 4.69) is 47.6 Å². The van der Waals surface area contributed by atoms with Crippen LogP contribution < -0.4 is 0 Å². The van der Waals surface area contributed by atoms with E-state index < -0.39 is 0 Å². The first kappa shape index (κ1) is 15.1. The number of carbonyl (C=O) groups is 1. The first-order valence-corrected chi connectivity index (χ1v) is 9.26. The summed E-state index contributed by atoms with van der Waals surface area (Å²) in [5.74, 6) is 0.160. The molecule has 0 aliphatic heterocycles. The molecule has 0 saturated carbocycles. The predicted molar refractivity (Wildman–Crippen MR) is 73.5 cm³/mol. The van der Waals surface area contributed by atoms with Crippen molar-refractivity contribution in [1.29, 1.82) is 0 Å². The van der Waals surface area contributed by atoms with Gasteiger partial charge in [0.1, 0.15) is 0 Å². The number of ketones is 1. The molecule has 0 radical (unpaired) electrons. The molecule has 0 aromatic heterocycles. The van der Waals surface area contributed by atoms with E-state index in [-0.39, 0.29) is 48.9 Å². The van der Waals surface area contributed by atoms with Gasteiger partial charge in [-0.25, -0.2) is 0 Å². The van der Waals surface area contributed by atoms with Crippen LogP contribution in [0.4, 0.5) is 0 Å². The number of carbonyl (C=O) groups excluding carboxylic acids is 1. The normalized spacial score (nSPS) is 22.2. The minimum absolute atomic E-state index is 0.00983. The molecule has 17 heavy (non-hydrogen) atoms. The van der Waals surface area contributed by atoms with Gasteiger partial charge in [-0.3, -0.25) is 0 Å². The second-order valence-corrected chi connectivity index (χ2v) is 8.51. The van der Waals surface area contributed by atoms with Gasteiger partial charge < -0.3 is 0 Å². The van der Waals surface area contributed by atoms with Crippen LogP contribution in [0.5, 0.6) is 0 Å². The van der Waals surface area contributed by atoms with Gasteiger partial charge in [0.25, 0.3) is 0 Å². The van der Waals surface area contributed by atoms with E-state index in [1.54, 1.807) is 0 Å². The van der Waals surface area contributed by atoms with Crippen LogP contribution in [0.1, 0.15) is 41.5 Å². The van der Waals surface area contributed by atoms with Crippen molar-refractivity contribution < 1.29 is 7.48 Å². The number of Topliss-reactive ketones (excluding diaryl/α,β-unsaturated/α-hetero) is 1. The van der Waals surface area contributed by atoms with Crippen LogP contribution in [0.3, 0.4) is 0 Å². The molecule has 0 spiro atoms. The quantitative estimate of drug-likeness (QED) is 0.601. The fraction of sp³-hybridized carbons (Fsp3) is 0.643. The van der Waals surface area contributed by atoms with E-state index in [9.17, 15) is 4.79 Å². The Kier molecular flexibility index (Phi) is 4.40. The summed E-state index contributed by atoms with van der Waals surface area (Å²) in [6.07, 6.45) is 3.75. The maximum absolute atomic E-state index is 12.5. The molecule has 0 aromatic rings. The van der Waals surface area contributed by atoms with Crippen molar-refractivity contribution in [2.75, 3.05) is 0 Å². The van der Waals surface area contributed by atoms with Crippen molar-refractivity contribution in [2.45, 2.75) is 47.6 Å². The molecule has 1 aliphatic rings. The summed E-state index contributed by atoms with van der Waals surface area (Å²) in [5, 5.41) is 0. The fourth-order valence-electron chi connectivity index (χ4n) is 2.12. The van der Waals surface area contributed by atoms with Gasteiger partial charge in [0.05, 0.1) is 0 Å². The number of allylic oxidation sites excluding steroid dienone is 2. The Morgan fingerprint density at radius 2 is 1.59 bits per heavy atom. The van der Waals surface area contributed by atoms with E-state index >= 15 is 0 Å². The molecule has 1 rings (SSSR count). The van der Waals surface area contributed by atoms with Crippen molar-refractivity contribution in [2.24, 2.45) is 10.8 Å². The Hall–Kier alpha value is 0.0321. The van der Waals surface area contributed by atoms with Gasteiger partial charge in [-0.1, -0.05) is 0 Å². The second-order valence-electron chi connectivity index (χ2n) is 6.68. The molecule has 0 fully saturated rings. The SMILES string of the molecule is CC(C)(C)C1=CC=C(C(C)(C)C)C([O][TlH2])C1=O. The average Bonchev–Trinajstić information content (AvgIpc) is 2.13. The average molecular weight is 428 g/mol. The van der Waals surface area contributed by atoms with Crippen LogP contribution in [-0.4, -0.2) is 38.1 Å². The van der Waals surface area contributed by atoms with Gasteiger partial charge in [0, 0.05) is 0 Å². The molecular weight excluding hydrogens is 405 g/mol. The molecule has 0 amide bonds. The first-order valence-electron chi connectivity index (χ1n) is 6.09. The molecule has 1 atom stereocenters. The standard InChI is InChI=1S/C14H21O2.Tl.2H/c1-13(2,3)9-7-8-10(14(4,5)6)12(16)11(9)15;;;/h7-8,11H,1-6H3;;;/q-1;+1;;. The Morgan fingerprint density at radius 3 is 1.94 bits per heavy atom. The summed E-state index contributed by atoms with van der Waals surface area (Å²) in [7, 11) is 0. The Balaban J connectivity index is 3.25. The van der Waals surface area contributed by atoms with E-state index in [0.29, 0.717) is 0 Å². The summed E-state index contributed by atoms with van der Waals surface area (Å²) in [6, 6.07) is 0. The van der Waals surface area contributed by atoms with E-state index in [1.165, 1.54) is 0 Å². The zero-order valence-corrected chi connectivity index (χ0v) is 19.8. The summed E-state index contributed by atoms with van der Waals surface area (Å²) >= 11 is -0.0362. The van der Waals surface area contributed by atoms with Crippen molar-refractivity contribution in [3.8, 4) is 0 Å². The van der Waals surface area contributed by atoms with Crippen molar-refractivity contribution in [1.82, 2.24) is 0 Å². The predicted octanol–water partition coefficient (Wildman–Crippen LogP) is 2.45. The summed E-state index contributed by atoms with van der Waals surface area (Å²) in [5.41, 5.74) is 1.87. The molecule has 0 N–H and O–H groups in total. The van der Waals surface area contributed by atoms with Crippen LogP contribution in [0, 0.1) is 10.8 Å². The van der Waals surface area contributed by atoms with E-state index in [0.717, 1.165) is 11.1 Å². The molecule has 3 heteroatoms. The van der Waals surface area contributed by atoms with Crippen molar-refractivity contribution in [3.05, 3.63) is 23.3 Å². The van der Waals surface area contributed by atoms with E-state index in [4.69, 9.17) is 2.69 Å². The van der Waals surface area contributed by atoms with Gasteiger partial charge in [-0.15, -0.1) is 0 Å². The Morgan fingerprint density at radius 1 is 1.06 bits per heavy atom. The van der Waals surface area contributed by atoms with Gasteiger partial charge in [-0.05, 0) is 0 Å². The molecule has 1 unspecified atom stereocenters. The van der Waals surface area contributed by atoms with Crippen LogP contribution >= 0.6 is 0 Å². The van der Waals surface area contributed by atoms with Crippen LogP contribution in [0.15, 0.2) is 23.3 Å². The Labute approximate surface area is 121 Å². The molecule has 0 aromatic carbocycles. The molecule has 0 saturated heterocycles. The van der Waals surface area contributed by atoms with Crippen molar-refractivity contribution >= 4 is 32.0 Å². The summed E-state index contributed by atoms with van der Waals surface area (Å²) in [4.78, 5) is 12.5. The van der Waals surface area contributed by atoms with E-state index in [1.807, 2.05) is 6.08 Å². The van der Waals surface area contributed by atoms with Crippen molar-refractivity contribution in [3.63, 3.8) is 0 Å². The zero-order valence-electron chi connectivity index (χ0n) is 12.0. The van der Waals surface area contributed by atoms with Gasteiger partial charge in [0.2, 0.25) is 0 Å². The first-order chi connectivity index (χ1) is 7.59. The third-order valence-electron chi connectivity index (χ3n) is 3.13. The summed E-state index contributed by atoms with van der Waals surface area (Å²) in [6.45, 7) is 12.6. The Bertz CT molecular complexity index is 378. The number of hydrogen-bond donors (Lipinski definition) is 0. The molecule has 0 bridgehead atoms. The third-order valence-corrected chi connectivity index (χ3v) is 4.96. The van der Waals surface area contributed by atoms with Gasteiger partial charge >= 0.3 is 121 Å². The minimum atomic E-state index is -0.323. The zero-order chi connectivity index (χ0) is 13.4. The van der Waals surface area contributed by atoms with Crippen LogP contribution in [0.2, 0.25) is 0 Å². The van der Waals surface area contributed by atoms with Gasteiger partial charge in [0.15, 0.2) is 0 Å². The molecule has 2 nitrogen and oxygen atoms in total. The number of hydrogen-bond acceptors (Lipinski definition) is 2. The van der Waals surface area contributed by atoms with Gasteiger partial charge in [-0.2, -0.15) is 0 Å². The topological polar surface area (TPSA) is 26.3 Å². The molecule has 94 valence electrons.